The van der Waals surface area contributed by atoms with Gasteiger partial charge in [-0.05, 0) is 37.5 Å². The fourth-order valence-electron chi connectivity index (χ4n) is 3.04. The van der Waals surface area contributed by atoms with E-state index in [-0.39, 0.29) is 23.3 Å². The predicted octanol–water partition coefficient (Wildman–Crippen LogP) is 2.33. The molecule has 0 radical (unpaired) electrons. The van der Waals surface area contributed by atoms with Gasteiger partial charge < -0.3 is 10.1 Å². The first-order valence-corrected chi connectivity index (χ1v) is 10.1. The Morgan fingerprint density at radius 2 is 2.37 bits per heavy atom. The maximum absolute atomic E-state index is 13.0. The molecule has 2 heterocycles. The van der Waals surface area contributed by atoms with Gasteiger partial charge in [0.05, 0.1) is 35.4 Å². The Kier molecular flexibility index (Phi) is 6.48. The number of nitrogens with one attached hydrogen (secondary N) is 1. The van der Waals surface area contributed by atoms with E-state index in [9.17, 15) is 9.59 Å². The highest BCUT2D eigenvalue weighted by atomic mass is 32.2. The summed E-state index contributed by atoms with van der Waals surface area (Å²) in [5.74, 6) is 0.00969. The van der Waals surface area contributed by atoms with Crippen LogP contribution in [-0.2, 0) is 11.3 Å². The second-order valence-corrected chi connectivity index (χ2v) is 7.32. The molecule has 1 atom stereocenters. The van der Waals surface area contributed by atoms with Crippen LogP contribution in [0.25, 0.3) is 10.9 Å². The topological polar surface area (TPSA) is 97.0 Å². The van der Waals surface area contributed by atoms with E-state index in [1.165, 1.54) is 11.8 Å². The molecule has 142 valence electrons. The number of benzene rings is 1. The lowest BCUT2D eigenvalue weighted by molar-refractivity contribution is 0.0937. The van der Waals surface area contributed by atoms with E-state index >= 15 is 0 Å². The smallest absolute Gasteiger partial charge is 0.262 e. The van der Waals surface area contributed by atoms with Crippen LogP contribution >= 0.6 is 11.8 Å². The van der Waals surface area contributed by atoms with E-state index in [4.69, 9.17) is 10.00 Å². The number of aromatic nitrogens is 2. The molecule has 1 saturated heterocycles. The number of amides is 1. The molecule has 1 aromatic carbocycles. The van der Waals surface area contributed by atoms with Gasteiger partial charge >= 0.3 is 0 Å². The quantitative estimate of drug-likeness (QED) is 0.579. The maximum atomic E-state index is 13.0. The Labute approximate surface area is 161 Å². The first-order chi connectivity index (χ1) is 13.1. The molecule has 0 saturated carbocycles. The fraction of sp³-hybridized carbons (Fsp3) is 0.474. The second kappa shape index (κ2) is 9.02. The SMILES string of the molecule is CCCNC(=O)c1ccc2c(=O)n(CC3CCCO3)c(SCC#N)nc2c1. The Morgan fingerprint density at radius 3 is 3.07 bits per heavy atom. The number of ether oxygens (including phenoxy) is 1. The Morgan fingerprint density at radius 1 is 1.52 bits per heavy atom. The van der Waals surface area contributed by atoms with Crippen molar-refractivity contribution in [2.24, 2.45) is 0 Å². The molecule has 1 unspecified atom stereocenters. The first-order valence-electron chi connectivity index (χ1n) is 9.08. The molecule has 7 nitrogen and oxygen atoms in total. The molecule has 0 bridgehead atoms. The summed E-state index contributed by atoms with van der Waals surface area (Å²) in [5.41, 5.74) is 0.764. The van der Waals surface area contributed by atoms with Crippen LogP contribution in [0.15, 0.2) is 28.2 Å². The molecule has 3 rings (SSSR count). The molecule has 1 fully saturated rings. The van der Waals surface area contributed by atoms with Crippen molar-refractivity contribution >= 4 is 28.6 Å². The van der Waals surface area contributed by atoms with E-state index < -0.39 is 0 Å². The molecule has 1 aliphatic rings. The van der Waals surface area contributed by atoms with E-state index in [1.54, 1.807) is 22.8 Å². The third-order valence-corrected chi connectivity index (χ3v) is 5.24. The van der Waals surface area contributed by atoms with Crippen LogP contribution in [0.5, 0.6) is 0 Å². The first kappa shape index (κ1) is 19.4. The third-order valence-electron chi connectivity index (χ3n) is 4.39. The van der Waals surface area contributed by atoms with Crippen LogP contribution in [0.1, 0.15) is 36.5 Å². The average molecular weight is 386 g/mol. The highest BCUT2D eigenvalue weighted by molar-refractivity contribution is 7.99. The highest BCUT2D eigenvalue weighted by Crippen LogP contribution is 2.21. The number of nitriles is 1. The van der Waals surface area contributed by atoms with E-state index in [2.05, 4.69) is 16.4 Å². The second-order valence-electron chi connectivity index (χ2n) is 6.38. The van der Waals surface area contributed by atoms with Gasteiger partial charge in [0.2, 0.25) is 0 Å². The van der Waals surface area contributed by atoms with Crippen molar-refractivity contribution in [1.82, 2.24) is 14.9 Å². The number of hydrogen-bond donors (Lipinski definition) is 1. The van der Waals surface area contributed by atoms with Gasteiger partial charge in [0.25, 0.3) is 11.5 Å². The lowest BCUT2D eigenvalue weighted by Crippen LogP contribution is -2.29. The molecule has 27 heavy (non-hydrogen) atoms. The molecular weight excluding hydrogens is 364 g/mol. The van der Waals surface area contributed by atoms with Gasteiger partial charge in [-0.25, -0.2) is 4.98 Å². The van der Waals surface area contributed by atoms with E-state index in [1.807, 2.05) is 6.92 Å². The number of fused-ring (bicyclic) bond motifs is 1. The number of nitrogens with zero attached hydrogens (tertiary/aromatic N) is 3. The molecule has 1 aliphatic heterocycles. The van der Waals surface area contributed by atoms with Crippen LogP contribution in [-0.4, -0.2) is 40.5 Å². The number of carbonyl (C=O) groups excluding carboxylic acids is 1. The molecule has 8 heteroatoms. The van der Waals surface area contributed by atoms with Crippen molar-refractivity contribution in [3.8, 4) is 6.07 Å². The molecule has 1 amide bonds. The van der Waals surface area contributed by atoms with Gasteiger partial charge in [-0.1, -0.05) is 18.7 Å². The minimum Gasteiger partial charge on any atom is -0.376 e. The zero-order chi connectivity index (χ0) is 19.2. The summed E-state index contributed by atoms with van der Waals surface area (Å²) in [4.78, 5) is 29.8. The summed E-state index contributed by atoms with van der Waals surface area (Å²) in [5, 5.41) is 12.7. The number of rotatable bonds is 7. The number of carbonyl (C=O) groups is 1. The summed E-state index contributed by atoms with van der Waals surface area (Å²) < 4.78 is 7.25. The van der Waals surface area contributed by atoms with Gasteiger partial charge in [-0.15, -0.1) is 0 Å². The van der Waals surface area contributed by atoms with Gasteiger partial charge in [0.15, 0.2) is 5.16 Å². The minimum atomic E-state index is -0.185. The Hall–Kier alpha value is -2.37. The number of hydrogen-bond acceptors (Lipinski definition) is 6. The highest BCUT2D eigenvalue weighted by Gasteiger charge is 2.20. The van der Waals surface area contributed by atoms with Crippen LogP contribution < -0.4 is 10.9 Å². The van der Waals surface area contributed by atoms with Crippen LogP contribution in [0.3, 0.4) is 0 Å². The lowest BCUT2D eigenvalue weighted by atomic mass is 10.1. The molecule has 1 N–H and O–H groups in total. The normalized spacial score (nSPS) is 16.4. The van der Waals surface area contributed by atoms with Gasteiger partial charge in [0, 0.05) is 18.7 Å². The lowest BCUT2D eigenvalue weighted by Gasteiger charge is -2.16. The van der Waals surface area contributed by atoms with Crippen molar-refractivity contribution < 1.29 is 9.53 Å². The van der Waals surface area contributed by atoms with Crippen molar-refractivity contribution in [2.45, 2.75) is 44.0 Å². The largest absolute Gasteiger partial charge is 0.376 e. The summed E-state index contributed by atoms with van der Waals surface area (Å²) >= 11 is 1.22. The minimum absolute atomic E-state index is 0.0116. The Balaban J connectivity index is 2.01. The maximum Gasteiger partial charge on any atom is 0.262 e. The van der Waals surface area contributed by atoms with E-state index in [0.717, 1.165) is 19.3 Å². The molecular formula is C19H22N4O3S. The van der Waals surface area contributed by atoms with E-state index in [0.29, 0.717) is 41.3 Å². The van der Waals surface area contributed by atoms with Gasteiger partial charge in [-0.3, -0.25) is 14.2 Å². The zero-order valence-corrected chi connectivity index (χ0v) is 16.1. The Bertz CT molecular complexity index is 929. The van der Waals surface area contributed by atoms with Crippen molar-refractivity contribution in [3.05, 3.63) is 34.1 Å². The summed E-state index contributed by atoms with van der Waals surface area (Å²) in [6.45, 7) is 3.71. The molecule has 0 spiro atoms. The van der Waals surface area contributed by atoms with Gasteiger partial charge in [-0.2, -0.15) is 5.26 Å². The van der Waals surface area contributed by atoms with Crippen molar-refractivity contribution in [3.63, 3.8) is 0 Å². The third kappa shape index (κ3) is 4.49. The monoisotopic (exact) mass is 386 g/mol. The summed E-state index contributed by atoms with van der Waals surface area (Å²) in [6.07, 6.45) is 2.73. The van der Waals surface area contributed by atoms with Crippen molar-refractivity contribution in [2.75, 3.05) is 18.9 Å². The zero-order valence-electron chi connectivity index (χ0n) is 15.2. The van der Waals surface area contributed by atoms with Crippen molar-refractivity contribution in [1.29, 1.82) is 5.26 Å². The fourth-order valence-corrected chi connectivity index (χ4v) is 3.71. The summed E-state index contributed by atoms with van der Waals surface area (Å²) in [7, 11) is 0. The van der Waals surface area contributed by atoms with Crippen LogP contribution in [0.4, 0.5) is 0 Å². The predicted molar refractivity (Wildman–Crippen MR) is 104 cm³/mol. The van der Waals surface area contributed by atoms with Crippen LogP contribution in [0.2, 0.25) is 0 Å². The summed E-state index contributed by atoms with van der Waals surface area (Å²) in [6, 6.07) is 7.00. The standard InChI is InChI=1S/C19H22N4O3S/c1-2-8-21-17(24)13-5-6-15-16(11-13)22-19(27-10-7-20)23(18(15)25)12-14-4-3-9-26-14/h5-6,11,14H,2-4,8-10,12H2,1H3,(H,21,24). The molecule has 1 aromatic heterocycles. The molecule has 0 aliphatic carbocycles. The van der Waals surface area contributed by atoms with Crippen LogP contribution in [0, 0.1) is 11.3 Å². The molecule has 2 aromatic rings. The van der Waals surface area contributed by atoms with Gasteiger partial charge in [0.1, 0.15) is 0 Å². The number of thioether (sulfide) groups is 1. The average Bonchev–Trinajstić information content (AvgIpc) is 3.19.